The Balaban J connectivity index is 1.69. The summed E-state index contributed by atoms with van der Waals surface area (Å²) in [6.45, 7) is 1.15. The van der Waals surface area contributed by atoms with E-state index in [2.05, 4.69) is 20.8 Å². The normalized spacial score (nSPS) is 10.6. The molecule has 1 amide bonds. The molecule has 0 aliphatic heterocycles. The number of hydrogen-bond donors (Lipinski definition) is 2. The summed E-state index contributed by atoms with van der Waals surface area (Å²) in [5, 5.41) is 22.9. The third kappa shape index (κ3) is 7.11. The van der Waals surface area contributed by atoms with Crippen LogP contribution in [-0.2, 0) is 29.0 Å². The average Bonchev–Trinajstić information content (AvgIpc) is 3.04. The number of rotatable bonds is 11. The summed E-state index contributed by atoms with van der Waals surface area (Å²) in [6.07, 6.45) is 3.27. The molecule has 2 aromatic rings. The molecule has 0 bridgehead atoms. The standard InChI is InChI=1S/C17H23N5O3/c23-16(18-11-6-2-5-9-17(24)25)13-15-19-20-21-22(15)12-10-14-7-3-1-4-8-14/h1,3-4,7-8H,2,5-6,9-13H2,(H,18,23)(H,24,25). The molecule has 134 valence electrons. The Morgan fingerprint density at radius 3 is 2.68 bits per heavy atom. The smallest absolute Gasteiger partial charge is 0.303 e. The van der Waals surface area contributed by atoms with Gasteiger partial charge in [0, 0.05) is 19.5 Å². The summed E-state index contributed by atoms with van der Waals surface area (Å²) in [5.41, 5.74) is 1.19. The largest absolute Gasteiger partial charge is 0.481 e. The van der Waals surface area contributed by atoms with Crippen LogP contribution in [0.25, 0.3) is 0 Å². The maximum absolute atomic E-state index is 12.0. The Bertz CT molecular complexity index is 672. The van der Waals surface area contributed by atoms with Crippen LogP contribution in [0.15, 0.2) is 30.3 Å². The van der Waals surface area contributed by atoms with Gasteiger partial charge in [0.1, 0.15) is 0 Å². The van der Waals surface area contributed by atoms with Gasteiger partial charge in [0.2, 0.25) is 5.91 Å². The first-order valence-corrected chi connectivity index (χ1v) is 8.42. The number of hydrogen-bond acceptors (Lipinski definition) is 5. The van der Waals surface area contributed by atoms with E-state index in [1.165, 1.54) is 5.56 Å². The Kier molecular flexibility index (Phi) is 7.55. The van der Waals surface area contributed by atoms with Crippen molar-refractivity contribution in [3.05, 3.63) is 41.7 Å². The quantitative estimate of drug-likeness (QED) is 0.593. The predicted octanol–water partition coefficient (Wildman–Crippen LogP) is 1.22. The van der Waals surface area contributed by atoms with Gasteiger partial charge in [-0.1, -0.05) is 36.8 Å². The number of carboxylic acid groups (broad SMARTS) is 1. The third-order valence-corrected chi connectivity index (χ3v) is 3.77. The van der Waals surface area contributed by atoms with Crippen molar-refractivity contribution in [1.82, 2.24) is 25.5 Å². The molecule has 0 aliphatic carbocycles. The molecular weight excluding hydrogens is 322 g/mol. The fourth-order valence-electron chi connectivity index (χ4n) is 2.42. The van der Waals surface area contributed by atoms with Gasteiger partial charge in [0.25, 0.3) is 0 Å². The lowest BCUT2D eigenvalue weighted by atomic mass is 10.1. The molecular formula is C17H23N5O3. The molecule has 0 spiro atoms. The number of carbonyl (C=O) groups is 2. The van der Waals surface area contributed by atoms with Gasteiger partial charge in [-0.15, -0.1) is 5.10 Å². The van der Waals surface area contributed by atoms with E-state index in [0.717, 1.165) is 19.3 Å². The van der Waals surface area contributed by atoms with E-state index in [-0.39, 0.29) is 18.7 Å². The minimum absolute atomic E-state index is 0.131. The zero-order valence-electron chi connectivity index (χ0n) is 14.1. The number of nitrogens with one attached hydrogen (secondary N) is 1. The highest BCUT2D eigenvalue weighted by Gasteiger charge is 2.11. The number of carboxylic acids is 1. The monoisotopic (exact) mass is 345 g/mol. The molecule has 1 aromatic heterocycles. The second-order valence-electron chi connectivity index (χ2n) is 5.78. The van der Waals surface area contributed by atoms with Crippen LogP contribution in [0.3, 0.4) is 0 Å². The van der Waals surface area contributed by atoms with E-state index >= 15 is 0 Å². The molecule has 8 nitrogen and oxygen atoms in total. The molecule has 0 saturated heterocycles. The van der Waals surface area contributed by atoms with Crippen molar-refractivity contribution in [2.45, 2.75) is 45.1 Å². The van der Waals surface area contributed by atoms with Gasteiger partial charge in [-0.2, -0.15) is 0 Å². The Hall–Kier alpha value is -2.77. The van der Waals surface area contributed by atoms with E-state index < -0.39 is 5.97 Å². The van der Waals surface area contributed by atoms with Crippen LogP contribution >= 0.6 is 0 Å². The molecule has 2 N–H and O–H groups in total. The van der Waals surface area contributed by atoms with E-state index in [0.29, 0.717) is 25.3 Å². The van der Waals surface area contributed by atoms with Crippen LogP contribution < -0.4 is 5.32 Å². The number of aliphatic carboxylic acids is 1. The molecule has 0 aliphatic rings. The lowest BCUT2D eigenvalue weighted by molar-refractivity contribution is -0.137. The van der Waals surface area contributed by atoms with Gasteiger partial charge in [-0.05, 0) is 35.3 Å². The summed E-state index contributed by atoms with van der Waals surface area (Å²) in [4.78, 5) is 22.4. The van der Waals surface area contributed by atoms with Crippen molar-refractivity contribution in [2.24, 2.45) is 0 Å². The number of unbranched alkanes of at least 4 members (excludes halogenated alkanes) is 2. The molecule has 0 saturated carbocycles. The molecule has 0 unspecified atom stereocenters. The van der Waals surface area contributed by atoms with Crippen LogP contribution in [-0.4, -0.2) is 43.7 Å². The van der Waals surface area contributed by atoms with Gasteiger partial charge in [-0.3, -0.25) is 9.59 Å². The van der Waals surface area contributed by atoms with Crippen molar-refractivity contribution in [1.29, 1.82) is 0 Å². The summed E-state index contributed by atoms with van der Waals surface area (Å²) in [5.74, 6) is -0.375. The van der Waals surface area contributed by atoms with Crippen LogP contribution in [0.4, 0.5) is 0 Å². The number of benzene rings is 1. The molecule has 1 aromatic carbocycles. The lowest BCUT2D eigenvalue weighted by Crippen LogP contribution is -2.27. The molecule has 25 heavy (non-hydrogen) atoms. The Labute approximate surface area is 146 Å². The maximum Gasteiger partial charge on any atom is 0.303 e. The van der Waals surface area contributed by atoms with Crippen LogP contribution in [0.2, 0.25) is 0 Å². The highest BCUT2D eigenvalue weighted by Crippen LogP contribution is 2.03. The molecule has 0 radical (unpaired) electrons. The van der Waals surface area contributed by atoms with Crippen molar-refractivity contribution >= 4 is 11.9 Å². The van der Waals surface area contributed by atoms with Crippen molar-refractivity contribution < 1.29 is 14.7 Å². The zero-order chi connectivity index (χ0) is 17.9. The van der Waals surface area contributed by atoms with Gasteiger partial charge < -0.3 is 10.4 Å². The van der Waals surface area contributed by atoms with E-state index in [4.69, 9.17) is 5.11 Å². The predicted molar refractivity (Wildman–Crippen MR) is 90.8 cm³/mol. The lowest BCUT2D eigenvalue weighted by Gasteiger charge is -2.06. The SMILES string of the molecule is O=C(O)CCCCCNC(=O)Cc1nnnn1CCc1ccccc1. The zero-order valence-corrected chi connectivity index (χ0v) is 14.1. The number of tetrazole rings is 1. The summed E-state index contributed by atoms with van der Waals surface area (Å²) >= 11 is 0. The first-order valence-electron chi connectivity index (χ1n) is 8.42. The highest BCUT2D eigenvalue weighted by atomic mass is 16.4. The molecule has 0 fully saturated rings. The average molecular weight is 345 g/mol. The molecule has 1 heterocycles. The highest BCUT2D eigenvalue weighted by molar-refractivity contribution is 5.77. The molecule has 2 rings (SSSR count). The Morgan fingerprint density at radius 1 is 1.12 bits per heavy atom. The third-order valence-electron chi connectivity index (χ3n) is 3.77. The number of amides is 1. The van der Waals surface area contributed by atoms with E-state index in [9.17, 15) is 9.59 Å². The summed E-state index contributed by atoms with van der Waals surface area (Å²) < 4.78 is 1.65. The maximum atomic E-state index is 12.0. The topological polar surface area (TPSA) is 110 Å². The van der Waals surface area contributed by atoms with Crippen molar-refractivity contribution in [3.8, 4) is 0 Å². The Morgan fingerprint density at radius 2 is 1.92 bits per heavy atom. The first kappa shape index (κ1) is 18.6. The van der Waals surface area contributed by atoms with Crippen molar-refractivity contribution in [3.63, 3.8) is 0 Å². The van der Waals surface area contributed by atoms with Gasteiger partial charge in [-0.25, -0.2) is 4.68 Å². The number of aromatic nitrogens is 4. The number of aryl methyl sites for hydroxylation is 2. The van der Waals surface area contributed by atoms with Crippen LogP contribution in [0.5, 0.6) is 0 Å². The second-order valence-corrected chi connectivity index (χ2v) is 5.78. The minimum Gasteiger partial charge on any atom is -0.481 e. The minimum atomic E-state index is -0.786. The summed E-state index contributed by atoms with van der Waals surface area (Å²) in [6, 6.07) is 10.0. The molecule has 8 heteroatoms. The van der Waals surface area contributed by atoms with Gasteiger partial charge in [0.05, 0.1) is 6.42 Å². The van der Waals surface area contributed by atoms with Crippen molar-refractivity contribution in [2.75, 3.05) is 6.54 Å². The fourth-order valence-corrected chi connectivity index (χ4v) is 2.42. The summed E-state index contributed by atoms with van der Waals surface area (Å²) in [7, 11) is 0. The van der Waals surface area contributed by atoms with Crippen LogP contribution in [0.1, 0.15) is 37.1 Å². The fraction of sp³-hybridized carbons (Fsp3) is 0.471. The first-order chi connectivity index (χ1) is 12.1. The number of nitrogens with zero attached hydrogens (tertiary/aromatic N) is 4. The second kappa shape index (κ2) is 10.2. The number of carbonyl (C=O) groups excluding carboxylic acids is 1. The van der Waals surface area contributed by atoms with E-state index in [1.807, 2.05) is 30.3 Å². The molecule has 0 atom stereocenters. The van der Waals surface area contributed by atoms with E-state index in [1.54, 1.807) is 4.68 Å². The van der Waals surface area contributed by atoms with Gasteiger partial charge in [0.15, 0.2) is 5.82 Å². The van der Waals surface area contributed by atoms with Gasteiger partial charge >= 0.3 is 5.97 Å². The van der Waals surface area contributed by atoms with Crippen LogP contribution in [0, 0.1) is 0 Å².